The van der Waals surface area contributed by atoms with E-state index in [0.29, 0.717) is 0 Å². The summed E-state index contributed by atoms with van der Waals surface area (Å²) in [5, 5.41) is 5.07. The molecule has 0 heteroatoms. The summed E-state index contributed by atoms with van der Waals surface area (Å²) in [4.78, 5) is 0. The highest BCUT2D eigenvalue weighted by Gasteiger charge is 2.53. The van der Waals surface area contributed by atoms with E-state index in [9.17, 15) is 0 Å². The summed E-state index contributed by atoms with van der Waals surface area (Å²) in [6.45, 7) is 14.0. The van der Waals surface area contributed by atoms with Crippen LogP contribution in [0.5, 0.6) is 0 Å². The lowest BCUT2D eigenvalue weighted by atomic mass is 9.69. The molecule has 2 spiro atoms. The van der Waals surface area contributed by atoms with Crippen LogP contribution in [0.3, 0.4) is 0 Å². The Bertz CT molecular complexity index is 3830. The van der Waals surface area contributed by atoms with Crippen LogP contribution in [0.1, 0.15) is 97.2 Å². The first-order valence-electron chi connectivity index (χ1n) is 25.9. The Morgan fingerprint density at radius 1 is 0.236 bits per heavy atom. The van der Waals surface area contributed by atoms with Crippen molar-refractivity contribution in [3.8, 4) is 66.8 Å². The summed E-state index contributed by atoms with van der Waals surface area (Å²) < 4.78 is 0. The van der Waals surface area contributed by atoms with E-state index < -0.39 is 10.8 Å². The molecule has 0 saturated heterocycles. The van der Waals surface area contributed by atoms with Crippen LogP contribution in [0.15, 0.2) is 218 Å². The van der Waals surface area contributed by atoms with E-state index in [1.165, 1.54) is 144 Å². The fourth-order valence-electron chi connectivity index (χ4n) is 14.3. The fourth-order valence-corrected chi connectivity index (χ4v) is 14.3. The average molecular weight is 919 g/mol. The molecule has 11 aromatic carbocycles. The SMILES string of the molecule is CC(C)(C)c1ccc2c(c1)C1(c3ccccc3-c3ccc(-c4c5ccccc5c(-c5ccc6c(c5)C5(c7ccccc7-6)c6ccccc6-c6ccc(C(C)(C)C)cc65)c5ccccc45)cc31)c1ccccc1-2. The minimum atomic E-state index is -0.455. The maximum Gasteiger partial charge on any atom is 0.0725 e. The predicted octanol–water partition coefficient (Wildman–Crippen LogP) is 18.6. The molecular formula is C72H54. The van der Waals surface area contributed by atoms with Gasteiger partial charge in [-0.25, -0.2) is 0 Å². The Kier molecular flexibility index (Phi) is 8.28. The standard InChI is InChI=1S/C72H54/c1-69(2,3)45-33-37-53-49-21-13-17-29-61(49)71(65(53)41-45)59-27-15-11-19-47(59)51-35-31-43(39-63(51)71)67-55-23-7-9-25-57(55)68(58-26-10-8-24-56(58)67)44-32-36-52-48-20-12-16-28-60(48)72(64(52)40-44)62-30-18-14-22-50(62)54-38-34-46(42-66(54)72)70(4,5)6/h7-42H,1-6H3. The summed E-state index contributed by atoms with van der Waals surface area (Å²) in [6, 6.07) is 84.7. The summed E-state index contributed by atoms with van der Waals surface area (Å²) >= 11 is 0. The Morgan fingerprint density at radius 2 is 0.486 bits per heavy atom. The van der Waals surface area contributed by atoms with Gasteiger partial charge < -0.3 is 0 Å². The second kappa shape index (κ2) is 14.3. The van der Waals surface area contributed by atoms with Gasteiger partial charge in [0.2, 0.25) is 0 Å². The van der Waals surface area contributed by atoms with Gasteiger partial charge in [-0.3, -0.25) is 0 Å². The number of rotatable bonds is 2. The first-order chi connectivity index (χ1) is 35.0. The third-order valence-corrected chi connectivity index (χ3v) is 17.4. The maximum atomic E-state index is 2.58. The first-order valence-corrected chi connectivity index (χ1v) is 25.9. The zero-order chi connectivity index (χ0) is 48.5. The van der Waals surface area contributed by atoms with Crippen molar-refractivity contribution >= 4 is 21.5 Å². The molecule has 0 saturated carbocycles. The van der Waals surface area contributed by atoms with Gasteiger partial charge in [0.15, 0.2) is 0 Å². The van der Waals surface area contributed by atoms with Crippen LogP contribution in [-0.4, -0.2) is 0 Å². The van der Waals surface area contributed by atoms with Crippen molar-refractivity contribution < 1.29 is 0 Å². The molecule has 0 aliphatic heterocycles. The van der Waals surface area contributed by atoms with Crippen LogP contribution < -0.4 is 0 Å². The molecule has 72 heavy (non-hydrogen) atoms. The maximum absolute atomic E-state index is 2.58. The van der Waals surface area contributed by atoms with Crippen molar-refractivity contribution in [3.63, 3.8) is 0 Å². The number of hydrogen-bond donors (Lipinski definition) is 0. The van der Waals surface area contributed by atoms with E-state index in [2.05, 4.69) is 260 Å². The minimum absolute atomic E-state index is 0.00135. The summed E-state index contributed by atoms with van der Waals surface area (Å²) in [5.74, 6) is 0. The lowest BCUT2D eigenvalue weighted by molar-refractivity contribution is 0.588. The Hall–Kier alpha value is -8.06. The normalized spacial score (nSPS) is 17.4. The Balaban J connectivity index is 0.988. The van der Waals surface area contributed by atoms with Crippen LogP contribution in [0, 0.1) is 0 Å². The van der Waals surface area contributed by atoms with Crippen LogP contribution >= 0.6 is 0 Å². The van der Waals surface area contributed by atoms with Crippen molar-refractivity contribution in [2.45, 2.75) is 63.2 Å². The molecule has 0 nitrogen and oxygen atoms in total. The van der Waals surface area contributed by atoms with E-state index in [0.717, 1.165) is 0 Å². The van der Waals surface area contributed by atoms with Gasteiger partial charge in [0.25, 0.3) is 0 Å². The number of fused-ring (bicyclic) bond motifs is 22. The highest BCUT2D eigenvalue weighted by molar-refractivity contribution is 6.22. The lowest BCUT2D eigenvalue weighted by Crippen LogP contribution is -2.26. The van der Waals surface area contributed by atoms with E-state index in [4.69, 9.17) is 0 Å². The molecule has 4 aliphatic carbocycles. The van der Waals surface area contributed by atoms with Crippen molar-refractivity contribution in [3.05, 3.63) is 274 Å². The second-order valence-corrected chi connectivity index (χ2v) is 23.1. The van der Waals surface area contributed by atoms with Gasteiger partial charge in [0.05, 0.1) is 10.8 Å². The van der Waals surface area contributed by atoms with E-state index in [-0.39, 0.29) is 10.8 Å². The fraction of sp³-hybridized carbons (Fsp3) is 0.139. The van der Waals surface area contributed by atoms with Gasteiger partial charge in [-0.15, -0.1) is 0 Å². The highest BCUT2D eigenvalue weighted by atomic mass is 14.5. The smallest absolute Gasteiger partial charge is 0.0619 e. The summed E-state index contributed by atoms with van der Waals surface area (Å²) in [5.41, 5.74) is 28.5. The largest absolute Gasteiger partial charge is 0.0725 e. The third kappa shape index (κ3) is 5.22. The molecule has 342 valence electrons. The first kappa shape index (κ1) is 41.7. The van der Waals surface area contributed by atoms with Gasteiger partial charge in [0.1, 0.15) is 0 Å². The molecule has 15 rings (SSSR count). The van der Waals surface area contributed by atoms with Gasteiger partial charge in [0, 0.05) is 0 Å². The molecule has 0 aromatic heterocycles. The molecular weight excluding hydrogens is 865 g/mol. The molecule has 0 radical (unpaired) electrons. The Labute approximate surface area is 423 Å². The zero-order valence-corrected chi connectivity index (χ0v) is 41.8. The van der Waals surface area contributed by atoms with Crippen molar-refractivity contribution in [1.82, 2.24) is 0 Å². The molecule has 2 atom stereocenters. The molecule has 0 heterocycles. The molecule has 11 aromatic rings. The average Bonchev–Trinajstić information content (AvgIpc) is 4.08. The van der Waals surface area contributed by atoms with Gasteiger partial charge in [-0.05, 0) is 167 Å². The topological polar surface area (TPSA) is 0 Å². The molecule has 0 fully saturated rings. The summed E-state index contributed by atoms with van der Waals surface area (Å²) in [7, 11) is 0. The van der Waals surface area contributed by atoms with E-state index in [1.807, 2.05) is 0 Å². The molecule has 0 N–H and O–H groups in total. The van der Waals surface area contributed by atoms with Crippen LogP contribution in [0.2, 0.25) is 0 Å². The third-order valence-electron chi connectivity index (χ3n) is 17.4. The van der Waals surface area contributed by atoms with E-state index >= 15 is 0 Å². The molecule has 0 bridgehead atoms. The lowest BCUT2D eigenvalue weighted by Gasteiger charge is -2.32. The molecule has 4 aliphatic rings. The monoisotopic (exact) mass is 918 g/mol. The Morgan fingerprint density at radius 3 is 0.792 bits per heavy atom. The molecule has 0 amide bonds. The summed E-state index contributed by atoms with van der Waals surface area (Å²) in [6.07, 6.45) is 0. The van der Waals surface area contributed by atoms with Gasteiger partial charge >= 0.3 is 0 Å². The van der Waals surface area contributed by atoms with Gasteiger partial charge in [-0.2, -0.15) is 0 Å². The minimum Gasteiger partial charge on any atom is -0.0619 e. The quantitative estimate of drug-likeness (QED) is 0.152. The second-order valence-electron chi connectivity index (χ2n) is 23.1. The molecule has 2 unspecified atom stereocenters. The van der Waals surface area contributed by atoms with Crippen molar-refractivity contribution in [2.24, 2.45) is 0 Å². The number of hydrogen-bond acceptors (Lipinski definition) is 0. The van der Waals surface area contributed by atoms with Crippen molar-refractivity contribution in [2.75, 3.05) is 0 Å². The highest BCUT2D eigenvalue weighted by Crippen LogP contribution is 2.66. The predicted molar refractivity (Wildman–Crippen MR) is 302 cm³/mol. The van der Waals surface area contributed by atoms with Crippen LogP contribution in [0.4, 0.5) is 0 Å². The van der Waals surface area contributed by atoms with Crippen molar-refractivity contribution in [1.29, 1.82) is 0 Å². The van der Waals surface area contributed by atoms with Gasteiger partial charge in [-0.1, -0.05) is 248 Å². The zero-order valence-electron chi connectivity index (χ0n) is 41.8. The number of benzene rings is 11. The van der Waals surface area contributed by atoms with E-state index in [1.54, 1.807) is 0 Å². The van der Waals surface area contributed by atoms with Crippen LogP contribution in [0.25, 0.3) is 88.3 Å². The van der Waals surface area contributed by atoms with Crippen LogP contribution in [-0.2, 0) is 21.7 Å².